The molecule has 0 aliphatic rings. The lowest BCUT2D eigenvalue weighted by Gasteiger charge is -2.11. The lowest BCUT2D eigenvalue weighted by atomic mass is 10.2. The lowest BCUT2D eigenvalue weighted by molar-refractivity contribution is 0.415. The Morgan fingerprint density at radius 2 is 1.67 bits per heavy atom. The molecule has 0 unspecified atom stereocenters. The first-order valence-corrected chi connectivity index (χ1v) is 7.59. The second kappa shape index (κ2) is 7.33. The molecule has 0 fully saturated rings. The first kappa shape index (κ1) is 15.6. The Morgan fingerprint density at radius 1 is 0.917 bits per heavy atom. The van der Waals surface area contributed by atoms with Gasteiger partial charge in [-0.1, -0.05) is 24.3 Å². The first-order chi connectivity index (χ1) is 11.7. The molecule has 24 heavy (non-hydrogen) atoms. The topological polar surface area (TPSA) is 53.8 Å². The third-order valence-electron chi connectivity index (χ3n) is 3.47. The monoisotopic (exact) mass is 318 g/mol. The summed E-state index contributed by atoms with van der Waals surface area (Å²) in [5.41, 5.74) is 2.53. The van der Waals surface area contributed by atoms with Gasteiger partial charge in [0.15, 0.2) is 0 Å². The predicted molar refractivity (Wildman–Crippen MR) is 97.4 cm³/mol. The van der Waals surface area contributed by atoms with Crippen molar-refractivity contribution in [3.8, 4) is 11.5 Å². The molecule has 4 nitrogen and oxygen atoms in total. The second-order valence-electron chi connectivity index (χ2n) is 5.20. The van der Waals surface area contributed by atoms with E-state index in [1.807, 2.05) is 60.7 Å². The average Bonchev–Trinajstić information content (AvgIpc) is 2.62. The number of aliphatic imine (C=N–C) groups is 1. The van der Waals surface area contributed by atoms with E-state index in [4.69, 9.17) is 9.73 Å². The van der Waals surface area contributed by atoms with Crippen molar-refractivity contribution in [2.45, 2.75) is 0 Å². The first-order valence-electron chi connectivity index (χ1n) is 7.59. The molecule has 4 heteroatoms. The van der Waals surface area contributed by atoms with E-state index in [0.29, 0.717) is 5.84 Å². The number of hydrogen-bond acceptors (Lipinski definition) is 3. The van der Waals surface area contributed by atoms with Crippen LogP contribution in [0, 0.1) is 0 Å². The van der Waals surface area contributed by atoms with Crippen molar-refractivity contribution in [2.24, 2.45) is 4.99 Å². The van der Waals surface area contributed by atoms with Crippen molar-refractivity contribution in [2.75, 3.05) is 12.4 Å². The van der Waals surface area contributed by atoms with Crippen molar-refractivity contribution in [1.29, 1.82) is 0 Å². The third kappa shape index (κ3) is 3.93. The molecule has 0 saturated carbocycles. The van der Waals surface area contributed by atoms with Crippen LogP contribution in [-0.4, -0.2) is 18.1 Å². The number of phenols is 1. The van der Waals surface area contributed by atoms with Gasteiger partial charge in [0.1, 0.15) is 17.3 Å². The van der Waals surface area contributed by atoms with E-state index >= 15 is 0 Å². The number of hydrogen-bond donors (Lipinski definition) is 2. The van der Waals surface area contributed by atoms with E-state index in [1.165, 1.54) is 0 Å². The fourth-order valence-electron chi connectivity index (χ4n) is 2.27. The molecule has 0 heterocycles. The van der Waals surface area contributed by atoms with Gasteiger partial charge in [-0.15, -0.1) is 0 Å². The van der Waals surface area contributed by atoms with Crippen molar-refractivity contribution in [3.63, 3.8) is 0 Å². The van der Waals surface area contributed by atoms with Gasteiger partial charge in [0.25, 0.3) is 0 Å². The van der Waals surface area contributed by atoms with E-state index in [9.17, 15) is 5.11 Å². The smallest absolute Gasteiger partial charge is 0.138 e. The number of phenolic OH excluding ortho intramolecular Hbond substituents is 1. The Balaban J connectivity index is 1.98. The van der Waals surface area contributed by atoms with Crippen molar-refractivity contribution < 1.29 is 9.84 Å². The van der Waals surface area contributed by atoms with Crippen LogP contribution in [0.3, 0.4) is 0 Å². The highest BCUT2D eigenvalue weighted by Crippen LogP contribution is 2.20. The maximum absolute atomic E-state index is 9.66. The zero-order valence-corrected chi connectivity index (χ0v) is 13.3. The van der Waals surface area contributed by atoms with Gasteiger partial charge in [0, 0.05) is 17.3 Å². The minimum Gasteiger partial charge on any atom is -0.508 e. The number of nitrogens with one attached hydrogen (secondary N) is 1. The molecular weight excluding hydrogens is 300 g/mol. The summed E-state index contributed by atoms with van der Waals surface area (Å²) in [7, 11) is 1.64. The van der Waals surface area contributed by atoms with E-state index < -0.39 is 0 Å². The summed E-state index contributed by atoms with van der Waals surface area (Å²) in [6.07, 6.45) is 0. The predicted octanol–water partition coefficient (Wildman–Crippen LogP) is 4.59. The Bertz CT molecular complexity index is 828. The summed E-state index contributed by atoms with van der Waals surface area (Å²) < 4.78 is 5.21. The summed E-state index contributed by atoms with van der Waals surface area (Å²) >= 11 is 0. The Kier molecular flexibility index (Phi) is 4.77. The fourth-order valence-corrected chi connectivity index (χ4v) is 2.27. The van der Waals surface area contributed by atoms with Crippen LogP contribution >= 0.6 is 0 Å². The van der Waals surface area contributed by atoms with Crippen molar-refractivity contribution >= 4 is 17.2 Å². The van der Waals surface area contributed by atoms with Crippen molar-refractivity contribution in [1.82, 2.24) is 0 Å². The van der Waals surface area contributed by atoms with Crippen LogP contribution < -0.4 is 10.1 Å². The molecule has 0 spiro atoms. The number of ether oxygens (including phenoxy) is 1. The van der Waals surface area contributed by atoms with Crippen LogP contribution in [0.1, 0.15) is 5.56 Å². The average molecular weight is 318 g/mol. The molecule has 3 aromatic carbocycles. The van der Waals surface area contributed by atoms with Crippen LogP contribution in [0.5, 0.6) is 11.5 Å². The van der Waals surface area contributed by atoms with Crippen LogP contribution in [-0.2, 0) is 0 Å². The number of amidine groups is 1. The fraction of sp³-hybridized carbons (Fsp3) is 0.0500. The van der Waals surface area contributed by atoms with Gasteiger partial charge in [-0.3, -0.25) is 0 Å². The highest BCUT2D eigenvalue weighted by atomic mass is 16.5. The van der Waals surface area contributed by atoms with Crippen LogP contribution in [0.25, 0.3) is 0 Å². The zero-order valence-electron chi connectivity index (χ0n) is 13.3. The minimum absolute atomic E-state index is 0.203. The normalized spacial score (nSPS) is 11.1. The van der Waals surface area contributed by atoms with E-state index in [-0.39, 0.29) is 5.75 Å². The Hall–Kier alpha value is -3.27. The second-order valence-corrected chi connectivity index (χ2v) is 5.20. The summed E-state index contributed by atoms with van der Waals surface area (Å²) in [4.78, 5) is 4.69. The lowest BCUT2D eigenvalue weighted by Crippen LogP contribution is -2.13. The molecule has 120 valence electrons. The Labute approximate surface area is 141 Å². The highest BCUT2D eigenvalue weighted by Gasteiger charge is 2.06. The quantitative estimate of drug-likeness (QED) is 0.546. The molecule has 3 aromatic rings. The number of nitrogens with zero attached hydrogens (tertiary/aromatic N) is 1. The van der Waals surface area contributed by atoms with Gasteiger partial charge >= 0.3 is 0 Å². The molecule has 0 atom stereocenters. The zero-order chi connectivity index (χ0) is 16.8. The molecule has 0 radical (unpaired) electrons. The molecule has 0 aliphatic heterocycles. The number of para-hydroxylation sites is 1. The third-order valence-corrected chi connectivity index (χ3v) is 3.47. The highest BCUT2D eigenvalue weighted by molar-refractivity contribution is 6.09. The summed E-state index contributed by atoms with van der Waals surface area (Å²) in [6, 6.07) is 24.3. The number of benzene rings is 3. The van der Waals surface area contributed by atoms with Gasteiger partial charge in [-0.25, -0.2) is 4.99 Å². The molecule has 3 rings (SSSR count). The summed E-state index contributed by atoms with van der Waals surface area (Å²) in [5.74, 6) is 1.68. The van der Waals surface area contributed by atoms with Crippen LogP contribution in [0.15, 0.2) is 83.9 Å². The van der Waals surface area contributed by atoms with Gasteiger partial charge < -0.3 is 15.2 Å². The summed E-state index contributed by atoms with van der Waals surface area (Å²) in [5, 5.41) is 12.9. The standard InChI is InChI=1S/C20H18N2O2/c1-24-19-12-10-15(11-13-19)20(21-16-6-3-2-4-7-16)22-17-8-5-9-18(23)14-17/h2-14,23H,1H3,(H,21,22). The molecule has 0 bridgehead atoms. The number of aromatic hydroxyl groups is 1. The van der Waals surface area contributed by atoms with Gasteiger partial charge in [0.05, 0.1) is 12.8 Å². The molecule has 0 aliphatic carbocycles. The molecule has 2 N–H and O–H groups in total. The molecule has 0 saturated heterocycles. The SMILES string of the molecule is COc1ccc(C(=Nc2ccccc2)Nc2cccc(O)c2)cc1. The van der Waals surface area contributed by atoms with E-state index in [2.05, 4.69) is 5.32 Å². The molecule has 0 amide bonds. The van der Waals surface area contributed by atoms with Gasteiger partial charge in [-0.05, 0) is 48.5 Å². The largest absolute Gasteiger partial charge is 0.508 e. The number of anilines is 1. The number of rotatable bonds is 4. The van der Waals surface area contributed by atoms with Gasteiger partial charge in [-0.2, -0.15) is 0 Å². The van der Waals surface area contributed by atoms with Crippen molar-refractivity contribution in [3.05, 3.63) is 84.4 Å². The summed E-state index contributed by atoms with van der Waals surface area (Å²) in [6.45, 7) is 0. The Morgan fingerprint density at radius 3 is 2.33 bits per heavy atom. The van der Waals surface area contributed by atoms with Crippen LogP contribution in [0.4, 0.5) is 11.4 Å². The van der Waals surface area contributed by atoms with E-state index in [1.54, 1.807) is 25.3 Å². The van der Waals surface area contributed by atoms with E-state index in [0.717, 1.165) is 22.7 Å². The maximum Gasteiger partial charge on any atom is 0.138 e. The maximum atomic E-state index is 9.66. The van der Waals surface area contributed by atoms with Crippen LogP contribution in [0.2, 0.25) is 0 Å². The molecular formula is C20H18N2O2. The molecule has 0 aromatic heterocycles. The number of methoxy groups -OCH3 is 1. The minimum atomic E-state index is 0.203. The van der Waals surface area contributed by atoms with Gasteiger partial charge in [0.2, 0.25) is 0 Å².